The summed E-state index contributed by atoms with van der Waals surface area (Å²) in [5.41, 5.74) is 26.2. The van der Waals surface area contributed by atoms with Gasteiger partial charge in [-0.05, 0) is 326 Å². The van der Waals surface area contributed by atoms with Gasteiger partial charge < -0.3 is 71.8 Å². The molecule has 0 unspecified atom stereocenters. The van der Waals surface area contributed by atoms with E-state index in [-0.39, 0.29) is 76.9 Å². The van der Waals surface area contributed by atoms with Gasteiger partial charge >= 0.3 is 49.5 Å². The fourth-order valence-electron chi connectivity index (χ4n) is 19.2. The van der Waals surface area contributed by atoms with Crippen molar-refractivity contribution in [2.24, 2.45) is 0 Å². The van der Waals surface area contributed by atoms with Crippen molar-refractivity contribution >= 4 is 122 Å². The number of nitrogens with zero attached hydrogens (tertiary/aromatic N) is 4. The van der Waals surface area contributed by atoms with Crippen LogP contribution in [0.15, 0.2) is 267 Å². The van der Waals surface area contributed by atoms with Crippen LogP contribution in [0.3, 0.4) is 0 Å². The van der Waals surface area contributed by atoms with E-state index in [2.05, 4.69) is 242 Å². The van der Waals surface area contributed by atoms with E-state index in [0.29, 0.717) is 116 Å². The minimum absolute atomic E-state index is 0. The van der Waals surface area contributed by atoms with Gasteiger partial charge in [-0.3, -0.25) is 0 Å². The normalized spacial score (nSPS) is 11.5. The van der Waals surface area contributed by atoms with Crippen LogP contribution >= 0.6 is 34.3 Å². The Hall–Kier alpha value is -12.3. The number of phenolic OH excluding ortho intramolecular Hbond substituents is 4. The maximum Gasteiger partial charge on any atom is 0 e. The first-order valence-corrected chi connectivity index (χ1v) is 62.9. The van der Waals surface area contributed by atoms with E-state index in [1.54, 1.807) is 24.3 Å². The van der Waals surface area contributed by atoms with Gasteiger partial charge in [0.1, 0.15) is 64.2 Å². The third kappa shape index (κ3) is 20.4. The van der Waals surface area contributed by atoms with Crippen LogP contribution in [0.1, 0.15) is 79.6 Å². The first-order chi connectivity index (χ1) is 65.5. The van der Waals surface area contributed by atoms with Crippen molar-refractivity contribution in [2.45, 2.75) is 95.9 Å². The van der Waals surface area contributed by atoms with Crippen LogP contribution in [0.25, 0.3) is 154 Å². The zero-order valence-corrected chi connectivity index (χ0v) is 90.5. The van der Waals surface area contributed by atoms with Gasteiger partial charge in [0.25, 0.3) is 0 Å². The summed E-state index contributed by atoms with van der Waals surface area (Å²) in [6.45, 7) is 25.5. The van der Waals surface area contributed by atoms with Crippen molar-refractivity contribution in [1.29, 1.82) is 0 Å². The molecule has 0 aliphatic carbocycles. The molecule has 12 nitrogen and oxygen atoms in total. The van der Waals surface area contributed by atoms with Crippen LogP contribution < -0.4 is 9.47 Å². The molecular weight excluding hydrogens is 2180 g/mol. The Balaban J connectivity index is 0.000000198. The summed E-state index contributed by atoms with van der Waals surface area (Å²) >= 11 is -3.39. The molecule has 16 aromatic carbocycles. The molecular formula is C118H106Cl4F4Hf2N4O8-2. The Labute approximate surface area is 851 Å². The minimum Gasteiger partial charge on any atom is 0 e. The summed E-state index contributed by atoms with van der Waals surface area (Å²) in [7, 11) is 28.8. The fourth-order valence-corrected chi connectivity index (χ4v) is 19.2. The molecule has 22 heteroatoms. The number of benzene rings is 16. The van der Waals surface area contributed by atoms with E-state index in [4.69, 9.17) is 43.8 Å². The second kappa shape index (κ2) is 41.5. The monoisotopic (exact) mass is 2280 g/mol. The third-order valence-electron chi connectivity index (χ3n) is 25.3. The first-order valence-electron chi connectivity index (χ1n) is 45.1. The number of rotatable bonds is 20. The number of aryl methyl sites for hydroxylation is 12. The van der Waals surface area contributed by atoms with Crippen LogP contribution in [-0.2, 0) is 49.8 Å². The summed E-state index contributed by atoms with van der Waals surface area (Å²) in [5, 5.41) is 57.4. The second-order valence-corrected chi connectivity index (χ2v) is 67.2. The molecule has 4 N–H and O–H groups in total. The summed E-state index contributed by atoms with van der Waals surface area (Å²) in [6.07, 6.45) is 0.913. The number of hydrogen-bond acceptors (Lipinski definition) is 6. The van der Waals surface area contributed by atoms with Crippen molar-refractivity contribution in [2.75, 3.05) is 26.4 Å². The molecule has 0 saturated heterocycles. The fraction of sp³-hybridized carbons (Fsp3) is 0.153. The summed E-state index contributed by atoms with van der Waals surface area (Å²) in [4.78, 5) is 0. The zero-order chi connectivity index (χ0) is 96.8. The molecule has 712 valence electrons. The predicted octanol–water partition coefficient (Wildman–Crippen LogP) is 34.2. The van der Waals surface area contributed by atoms with E-state index in [9.17, 15) is 20.4 Å². The van der Waals surface area contributed by atoms with Crippen LogP contribution in [0.2, 0.25) is 0 Å². The zero-order valence-electron chi connectivity index (χ0n) is 80.3. The van der Waals surface area contributed by atoms with E-state index >= 15 is 17.6 Å². The molecule has 20 rings (SSSR count). The van der Waals surface area contributed by atoms with Crippen molar-refractivity contribution in [3.8, 4) is 113 Å². The van der Waals surface area contributed by atoms with Crippen LogP contribution in [0.5, 0.6) is 46.0 Å². The number of ether oxygens (including phenoxy) is 2. The molecule has 0 atom stereocenters. The van der Waals surface area contributed by atoms with Gasteiger partial charge in [0.15, 0.2) is 13.2 Å². The summed E-state index contributed by atoms with van der Waals surface area (Å²) < 4.78 is 87.3. The molecule has 0 radical (unpaired) electrons. The quantitative estimate of drug-likeness (QED) is 0.0198. The number of hydrogen-bond donors (Lipinski definition) is 4. The van der Waals surface area contributed by atoms with Crippen LogP contribution in [0.4, 0.5) is 17.6 Å². The first kappa shape index (κ1) is 102. The Morgan fingerprint density at radius 3 is 0.686 bits per heavy atom. The molecule has 140 heavy (non-hydrogen) atoms. The molecule has 20 aromatic rings. The number of halogens is 8. The van der Waals surface area contributed by atoms with Crippen molar-refractivity contribution < 1.29 is 97.3 Å². The average molecular weight is 2280 g/mol. The molecule has 4 aromatic heterocycles. The molecule has 0 aliphatic heterocycles. The van der Waals surface area contributed by atoms with Crippen molar-refractivity contribution in [3.05, 3.63) is 386 Å². The minimum atomic E-state index is -3.39. The SMILES string of the molecule is Cc1cc(-c2cc(F)ccc2OCCCOc2ccc(F)cc2-c2cc(C)cc(-n3c4ccc(C)cc4c4cc(C)ccc43)c2O)c(O)c(-n2c3ccc(C)cc3c3cc(C)ccc32)c1.[CH2-][O+](CCC[O+]([CH2-])c1ccc(F)cc1-c1cc(C)cc(-n2c3ccc(C)cc3c3cc(C)ccc32)c1O)c1ccc(F)cc1-c1cc(C)cc(-n2c3ccc(C)cc3c3cc(C)ccc32)c1O.[CH3-].[CH3-].[Cl][Hf]([Cl])([Cl])[Cl].[Hf]. The van der Waals surface area contributed by atoms with Gasteiger partial charge in [-0.15, -0.1) is 0 Å². The second-order valence-electron chi connectivity index (χ2n) is 36.0. The summed E-state index contributed by atoms with van der Waals surface area (Å²) in [6, 6.07) is 83.2. The molecule has 0 spiro atoms. The number of aromatic nitrogens is 4. The number of aromatic hydroxyl groups is 4. The largest absolute Gasteiger partial charge is 0 e. The van der Waals surface area contributed by atoms with Gasteiger partial charge in [-0.2, -0.15) is 0 Å². The Bertz CT molecular complexity index is 7550. The molecule has 0 fully saturated rings. The molecule has 0 bridgehead atoms. The molecule has 0 saturated carbocycles. The van der Waals surface area contributed by atoms with Crippen LogP contribution in [-0.4, -0.2) is 65.1 Å². The van der Waals surface area contributed by atoms with E-state index < -0.39 is 38.5 Å². The van der Waals surface area contributed by atoms with Gasteiger partial charge in [-0.25, -0.2) is 17.6 Å². The van der Waals surface area contributed by atoms with Crippen molar-refractivity contribution in [1.82, 2.24) is 18.3 Å². The number of fused-ring (bicyclic) bond motifs is 12. The van der Waals surface area contributed by atoms with Gasteiger partial charge in [0, 0.05) is 121 Å². The van der Waals surface area contributed by atoms with Crippen molar-refractivity contribution in [3.63, 3.8) is 0 Å². The molecule has 0 amide bonds. The van der Waals surface area contributed by atoms with Crippen LogP contribution in [0, 0.1) is 135 Å². The van der Waals surface area contributed by atoms with Gasteiger partial charge in [0.05, 0.1) is 91.2 Å². The average Bonchev–Trinajstić information content (AvgIpc) is 1.59. The van der Waals surface area contributed by atoms with E-state index in [1.165, 1.54) is 48.5 Å². The Morgan fingerprint density at radius 2 is 0.464 bits per heavy atom. The maximum absolute atomic E-state index is 15.3. The maximum atomic E-state index is 15.3. The Kier molecular flexibility index (Phi) is 30.3. The summed E-state index contributed by atoms with van der Waals surface area (Å²) in [5.74, 6) is 0.124. The van der Waals surface area contributed by atoms with E-state index in [0.717, 1.165) is 154 Å². The third-order valence-corrected chi connectivity index (χ3v) is 25.3. The van der Waals surface area contributed by atoms with Gasteiger partial charge in [0.2, 0.25) is 11.5 Å². The van der Waals surface area contributed by atoms with E-state index in [1.807, 2.05) is 76.2 Å². The predicted molar refractivity (Wildman–Crippen MR) is 566 cm³/mol. The smallest absolute Gasteiger partial charge is 0 e. The number of phenols is 4. The topological polar surface area (TPSA) is 125 Å². The molecule has 4 heterocycles. The van der Waals surface area contributed by atoms with Gasteiger partial charge in [-0.1, -0.05) is 93.0 Å². The Morgan fingerprint density at radius 1 is 0.264 bits per heavy atom. The standard InChI is InChI=1S/C59H52F2N2O4.C57H48F2N2O4.2CH3.4ClH.2Hf/c1-34-10-16-50-42(24-34)43-25-35(2)11-17-51(43)62(50)54-30-38(5)28-48(58(54)64)46-32-40(60)14-20-56(46)66(7)22-9-23-67(8)57-21-15-41(61)33-47(57)49-29-39(6)31-55(59(49)65)63-52-18-12-36(3)26-44(52)45-27-37(4)13-19-53(45)63;1-32-8-14-48-40(22-32)41-23-33(2)9-15-49(41)60(48)52-28-36(5)26-46(56(52)62)44-30-38(58)12-18-54(44)64-20-7-21-65-55-19-13-39(59)31-45(55)47-27-37(6)29-53(57(47)63)61-50-16-10-34(3)24-42(50)43-25-35(4)11-17-51(43)61;;;;;;;;/h10-21,24-33,64-65H,7-9,22-23H2,1-6H3;8-19,22-31,62-63H,7,20-21H2,1-6H3;2*1H3;4*1H;;/q;;2*-1;;;;;;+4/p-4. The molecule has 0 aliphatic rings.